The van der Waals surface area contributed by atoms with Crippen LogP contribution in [-0.2, 0) is 11.2 Å². The summed E-state index contributed by atoms with van der Waals surface area (Å²) < 4.78 is 5.63. The highest BCUT2D eigenvalue weighted by Gasteiger charge is 2.23. The van der Waals surface area contributed by atoms with Gasteiger partial charge in [-0.25, -0.2) is 4.79 Å². The molecule has 23 heavy (non-hydrogen) atoms. The van der Waals surface area contributed by atoms with Crippen LogP contribution in [0.25, 0.3) is 0 Å². The lowest BCUT2D eigenvalue weighted by molar-refractivity contribution is 0.0245. The molecule has 2 aromatic rings. The van der Waals surface area contributed by atoms with Crippen molar-refractivity contribution in [2.45, 2.75) is 32.3 Å². The highest BCUT2D eigenvalue weighted by molar-refractivity contribution is 5.89. The number of carbonyl (C=O) groups excluding carboxylic acids is 1. The van der Waals surface area contributed by atoms with Gasteiger partial charge in [0.05, 0.1) is 5.56 Å². The molecule has 1 saturated heterocycles. The SMILES string of the molecule is CCc1ccc(N2CCC(OC(=O)c3ccccc3)CC2)cc1. The Bertz CT molecular complexity index is 628. The Balaban J connectivity index is 1.53. The molecule has 1 heterocycles. The van der Waals surface area contributed by atoms with Gasteiger partial charge in [0.25, 0.3) is 0 Å². The van der Waals surface area contributed by atoms with Gasteiger partial charge >= 0.3 is 5.97 Å². The number of anilines is 1. The van der Waals surface area contributed by atoms with Crippen molar-refractivity contribution in [1.29, 1.82) is 0 Å². The highest BCUT2D eigenvalue weighted by atomic mass is 16.5. The Labute approximate surface area is 137 Å². The fourth-order valence-corrected chi connectivity index (χ4v) is 2.97. The standard InChI is InChI=1S/C20H23NO2/c1-2-16-8-10-18(11-9-16)21-14-12-19(13-15-21)23-20(22)17-6-4-3-5-7-17/h3-11,19H,2,12-15H2,1H3. The molecule has 120 valence electrons. The summed E-state index contributed by atoms with van der Waals surface area (Å²) in [4.78, 5) is 14.5. The predicted molar refractivity (Wildman–Crippen MR) is 92.9 cm³/mol. The first-order valence-electron chi connectivity index (χ1n) is 8.36. The van der Waals surface area contributed by atoms with Gasteiger partial charge in [-0.15, -0.1) is 0 Å². The van der Waals surface area contributed by atoms with Crippen molar-refractivity contribution in [3.63, 3.8) is 0 Å². The molecule has 1 aliphatic rings. The van der Waals surface area contributed by atoms with Gasteiger partial charge in [0.15, 0.2) is 0 Å². The minimum atomic E-state index is -0.212. The van der Waals surface area contributed by atoms with E-state index in [1.54, 1.807) is 12.1 Å². The Hall–Kier alpha value is -2.29. The second-order valence-corrected chi connectivity index (χ2v) is 5.98. The third-order valence-electron chi connectivity index (χ3n) is 4.43. The van der Waals surface area contributed by atoms with Crippen molar-refractivity contribution in [1.82, 2.24) is 0 Å². The van der Waals surface area contributed by atoms with Crippen molar-refractivity contribution in [2.24, 2.45) is 0 Å². The molecule has 0 amide bonds. The lowest BCUT2D eigenvalue weighted by Crippen LogP contribution is -2.37. The van der Waals surface area contributed by atoms with Crippen LogP contribution >= 0.6 is 0 Å². The van der Waals surface area contributed by atoms with Crippen molar-refractivity contribution < 1.29 is 9.53 Å². The quantitative estimate of drug-likeness (QED) is 0.797. The topological polar surface area (TPSA) is 29.5 Å². The highest BCUT2D eigenvalue weighted by Crippen LogP contribution is 2.22. The van der Waals surface area contributed by atoms with Crippen LogP contribution in [0.5, 0.6) is 0 Å². The van der Waals surface area contributed by atoms with Gasteiger partial charge in [-0.05, 0) is 36.2 Å². The molecule has 0 aliphatic carbocycles. The molecule has 0 atom stereocenters. The molecule has 0 bridgehead atoms. The lowest BCUT2D eigenvalue weighted by atomic mass is 10.1. The number of carbonyl (C=O) groups is 1. The van der Waals surface area contributed by atoms with Crippen LogP contribution in [0.3, 0.4) is 0 Å². The van der Waals surface area contributed by atoms with E-state index >= 15 is 0 Å². The fraction of sp³-hybridized carbons (Fsp3) is 0.350. The Morgan fingerprint density at radius 3 is 2.30 bits per heavy atom. The molecule has 0 radical (unpaired) electrons. The fourth-order valence-electron chi connectivity index (χ4n) is 2.97. The average molecular weight is 309 g/mol. The van der Waals surface area contributed by atoms with E-state index in [9.17, 15) is 4.79 Å². The summed E-state index contributed by atoms with van der Waals surface area (Å²) in [5.41, 5.74) is 3.25. The zero-order valence-electron chi connectivity index (χ0n) is 13.6. The van der Waals surface area contributed by atoms with Gasteiger partial charge in [-0.1, -0.05) is 37.3 Å². The summed E-state index contributed by atoms with van der Waals surface area (Å²) >= 11 is 0. The van der Waals surface area contributed by atoms with E-state index in [-0.39, 0.29) is 12.1 Å². The number of piperidine rings is 1. The number of aryl methyl sites for hydroxylation is 1. The van der Waals surface area contributed by atoms with Crippen LogP contribution in [0.4, 0.5) is 5.69 Å². The molecular formula is C20H23NO2. The number of esters is 1. The van der Waals surface area contributed by atoms with E-state index in [0.717, 1.165) is 32.4 Å². The van der Waals surface area contributed by atoms with Crippen LogP contribution in [0.1, 0.15) is 35.7 Å². The van der Waals surface area contributed by atoms with E-state index < -0.39 is 0 Å². The van der Waals surface area contributed by atoms with Crippen LogP contribution in [-0.4, -0.2) is 25.2 Å². The van der Waals surface area contributed by atoms with Crippen LogP contribution in [0.15, 0.2) is 54.6 Å². The molecule has 0 spiro atoms. The summed E-state index contributed by atoms with van der Waals surface area (Å²) in [5.74, 6) is -0.212. The van der Waals surface area contributed by atoms with Crippen LogP contribution in [0, 0.1) is 0 Å². The minimum Gasteiger partial charge on any atom is -0.459 e. The average Bonchev–Trinajstić information content (AvgIpc) is 2.63. The summed E-state index contributed by atoms with van der Waals surface area (Å²) in [6, 6.07) is 18.0. The maximum absolute atomic E-state index is 12.1. The maximum Gasteiger partial charge on any atom is 0.338 e. The van der Waals surface area contributed by atoms with Crippen molar-refractivity contribution in [2.75, 3.05) is 18.0 Å². The van der Waals surface area contributed by atoms with Gasteiger partial charge in [0.2, 0.25) is 0 Å². The molecular weight excluding hydrogens is 286 g/mol. The molecule has 3 nitrogen and oxygen atoms in total. The molecule has 2 aromatic carbocycles. The zero-order chi connectivity index (χ0) is 16.1. The molecule has 0 saturated carbocycles. The summed E-state index contributed by atoms with van der Waals surface area (Å²) in [7, 11) is 0. The van der Waals surface area contributed by atoms with Gasteiger partial charge in [0.1, 0.15) is 6.10 Å². The third kappa shape index (κ3) is 3.92. The molecule has 3 heteroatoms. The van der Waals surface area contributed by atoms with Crippen LogP contribution < -0.4 is 4.90 Å². The maximum atomic E-state index is 12.1. The Morgan fingerprint density at radius 1 is 1.04 bits per heavy atom. The van der Waals surface area contributed by atoms with Crippen molar-refractivity contribution in [3.05, 3.63) is 65.7 Å². The number of ether oxygens (including phenoxy) is 1. The normalized spacial score (nSPS) is 15.4. The number of rotatable bonds is 4. The van der Waals surface area contributed by atoms with Crippen LogP contribution in [0.2, 0.25) is 0 Å². The third-order valence-corrected chi connectivity index (χ3v) is 4.43. The molecule has 3 rings (SSSR count). The lowest BCUT2D eigenvalue weighted by Gasteiger charge is -2.33. The zero-order valence-corrected chi connectivity index (χ0v) is 13.6. The predicted octanol–water partition coefficient (Wildman–Crippen LogP) is 4.07. The molecule has 0 N–H and O–H groups in total. The second kappa shape index (κ2) is 7.32. The largest absolute Gasteiger partial charge is 0.459 e. The van der Waals surface area contributed by atoms with Gasteiger partial charge in [-0.3, -0.25) is 0 Å². The first-order valence-corrected chi connectivity index (χ1v) is 8.36. The van der Waals surface area contributed by atoms with Gasteiger partial charge in [-0.2, -0.15) is 0 Å². The van der Waals surface area contributed by atoms with E-state index in [2.05, 4.69) is 36.1 Å². The molecule has 0 unspecified atom stereocenters. The van der Waals surface area contributed by atoms with E-state index in [0.29, 0.717) is 5.56 Å². The number of nitrogens with zero attached hydrogens (tertiary/aromatic N) is 1. The van der Waals surface area contributed by atoms with E-state index in [1.807, 2.05) is 18.2 Å². The van der Waals surface area contributed by atoms with Crippen molar-refractivity contribution in [3.8, 4) is 0 Å². The van der Waals surface area contributed by atoms with E-state index in [4.69, 9.17) is 4.74 Å². The first kappa shape index (κ1) is 15.6. The summed E-state index contributed by atoms with van der Waals surface area (Å²) in [5, 5.41) is 0. The summed E-state index contributed by atoms with van der Waals surface area (Å²) in [6.45, 7) is 4.03. The Kier molecular flexibility index (Phi) is 4.96. The number of hydrogen-bond acceptors (Lipinski definition) is 3. The van der Waals surface area contributed by atoms with Gasteiger partial charge < -0.3 is 9.64 Å². The van der Waals surface area contributed by atoms with E-state index in [1.165, 1.54) is 11.3 Å². The minimum absolute atomic E-state index is 0.0221. The first-order chi connectivity index (χ1) is 11.3. The molecule has 1 fully saturated rings. The molecule has 1 aliphatic heterocycles. The number of benzene rings is 2. The van der Waals surface area contributed by atoms with Crippen molar-refractivity contribution >= 4 is 11.7 Å². The monoisotopic (exact) mass is 309 g/mol. The Morgan fingerprint density at radius 2 is 1.70 bits per heavy atom. The van der Waals surface area contributed by atoms with Gasteiger partial charge in [0, 0.05) is 31.6 Å². The number of hydrogen-bond donors (Lipinski definition) is 0. The molecule has 0 aromatic heterocycles. The second-order valence-electron chi connectivity index (χ2n) is 5.98. The summed E-state index contributed by atoms with van der Waals surface area (Å²) in [6.07, 6.45) is 2.86. The smallest absolute Gasteiger partial charge is 0.338 e.